The molecular weight excluding hydrogens is 506 g/mol. The van der Waals surface area contributed by atoms with Gasteiger partial charge in [-0.1, -0.05) is 59.2 Å². The Kier molecular flexibility index (Phi) is 5.12. The zero-order chi connectivity index (χ0) is 26.0. The molecule has 0 aliphatic carbocycles. The van der Waals surface area contributed by atoms with E-state index in [1.807, 2.05) is 59.3 Å². The van der Waals surface area contributed by atoms with Crippen LogP contribution in [0.15, 0.2) is 65.6 Å². The maximum Gasteiger partial charge on any atom is 0.275 e. The van der Waals surface area contributed by atoms with E-state index in [0.29, 0.717) is 42.6 Å². The number of hydrogen-bond donors (Lipinski definition) is 0. The highest BCUT2D eigenvalue weighted by atomic mass is 35.5. The number of benzene rings is 2. The third kappa shape index (κ3) is 3.37. The Morgan fingerprint density at radius 2 is 1.95 bits per heavy atom. The van der Waals surface area contributed by atoms with Crippen molar-refractivity contribution in [1.29, 1.82) is 0 Å². The molecule has 0 radical (unpaired) electrons. The van der Waals surface area contributed by atoms with Crippen LogP contribution in [0.1, 0.15) is 21.6 Å². The topological polar surface area (TPSA) is 102 Å². The molecule has 2 amide bonds. The molecule has 0 fully saturated rings. The monoisotopic (exact) mass is 527 g/mol. The predicted molar refractivity (Wildman–Crippen MR) is 140 cm³/mol. The number of para-hydroxylation sites is 1. The number of fused-ring (bicyclic) bond motifs is 1. The van der Waals surface area contributed by atoms with Crippen LogP contribution >= 0.6 is 11.6 Å². The standard InChI is InChI=1S/C27H22ClN7O3/c1-32-21-9-5-8-17-19(20-12-29-38-31-20)14-33(24(17)21)15-22(26(32)36)34-11-10-18-23(27(34)37)30-35(25(18)28)13-16-6-3-2-4-7-16/h2-9,12,14,22H,10-11,13,15H2,1H3/t22-/m0/s1. The summed E-state index contributed by atoms with van der Waals surface area (Å²) in [6.07, 6.45) is 4.03. The molecule has 11 heteroatoms. The minimum atomic E-state index is -0.718. The maximum atomic E-state index is 13.8. The minimum absolute atomic E-state index is 0.155. The Morgan fingerprint density at radius 1 is 1.11 bits per heavy atom. The lowest BCUT2D eigenvalue weighted by Crippen LogP contribution is -2.53. The van der Waals surface area contributed by atoms with Crippen LogP contribution in [0.2, 0.25) is 5.15 Å². The van der Waals surface area contributed by atoms with Gasteiger partial charge in [-0.05, 0) is 23.2 Å². The van der Waals surface area contributed by atoms with E-state index in [9.17, 15) is 9.59 Å². The molecule has 2 aliphatic heterocycles. The summed E-state index contributed by atoms with van der Waals surface area (Å²) >= 11 is 6.67. The Hall–Kier alpha value is -4.44. The molecule has 1 atom stereocenters. The minimum Gasteiger partial charge on any atom is -0.342 e. The summed E-state index contributed by atoms with van der Waals surface area (Å²) < 4.78 is 8.51. The van der Waals surface area contributed by atoms with Gasteiger partial charge in [0.15, 0.2) is 5.69 Å². The van der Waals surface area contributed by atoms with Crippen LogP contribution in [0.25, 0.3) is 22.2 Å². The van der Waals surface area contributed by atoms with Crippen molar-refractivity contribution < 1.29 is 14.2 Å². The Morgan fingerprint density at radius 3 is 2.74 bits per heavy atom. The molecule has 190 valence electrons. The highest BCUT2D eigenvalue weighted by Crippen LogP contribution is 2.38. The molecule has 5 heterocycles. The van der Waals surface area contributed by atoms with Crippen molar-refractivity contribution in [3.05, 3.63) is 82.9 Å². The van der Waals surface area contributed by atoms with Gasteiger partial charge in [-0.15, -0.1) is 0 Å². The van der Waals surface area contributed by atoms with E-state index in [1.165, 1.54) is 0 Å². The highest BCUT2D eigenvalue weighted by molar-refractivity contribution is 6.31. The summed E-state index contributed by atoms with van der Waals surface area (Å²) in [5.41, 5.74) is 5.18. The van der Waals surface area contributed by atoms with Gasteiger partial charge in [0.05, 0.1) is 30.5 Å². The third-order valence-corrected chi connectivity index (χ3v) is 7.88. The average Bonchev–Trinajstić information content (AvgIpc) is 3.65. The number of halogens is 1. The summed E-state index contributed by atoms with van der Waals surface area (Å²) in [6, 6.07) is 14.9. The molecule has 0 N–H and O–H groups in total. The fourth-order valence-corrected chi connectivity index (χ4v) is 5.86. The van der Waals surface area contributed by atoms with Crippen LogP contribution < -0.4 is 4.90 Å². The van der Waals surface area contributed by atoms with E-state index in [4.69, 9.17) is 16.2 Å². The molecular formula is C27H22ClN7O3. The number of anilines is 1. The first kappa shape index (κ1) is 22.7. The second kappa shape index (κ2) is 8.56. The fourth-order valence-electron chi connectivity index (χ4n) is 5.58. The van der Waals surface area contributed by atoms with Crippen molar-refractivity contribution in [2.45, 2.75) is 25.6 Å². The zero-order valence-corrected chi connectivity index (χ0v) is 21.2. The number of likely N-dealkylation sites (N-methyl/N-ethyl adjacent to an activating group) is 1. The van der Waals surface area contributed by atoms with Crippen molar-refractivity contribution in [3.63, 3.8) is 0 Å². The van der Waals surface area contributed by atoms with Gasteiger partial charge in [0.2, 0.25) is 0 Å². The second-order valence-corrected chi connectivity index (χ2v) is 9.94. The molecule has 38 heavy (non-hydrogen) atoms. The predicted octanol–water partition coefficient (Wildman–Crippen LogP) is 3.63. The molecule has 0 unspecified atom stereocenters. The third-order valence-electron chi connectivity index (χ3n) is 7.46. The number of amides is 2. The summed E-state index contributed by atoms with van der Waals surface area (Å²) in [5.74, 6) is -0.445. The largest absolute Gasteiger partial charge is 0.342 e. The van der Waals surface area contributed by atoms with E-state index in [1.54, 1.807) is 27.7 Å². The lowest BCUT2D eigenvalue weighted by Gasteiger charge is -2.34. The van der Waals surface area contributed by atoms with Crippen LogP contribution in [0.5, 0.6) is 0 Å². The van der Waals surface area contributed by atoms with Crippen LogP contribution in [-0.4, -0.2) is 61.0 Å². The summed E-state index contributed by atoms with van der Waals surface area (Å²) in [7, 11) is 1.75. The first-order chi connectivity index (χ1) is 18.5. The Bertz CT molecular complexity index is 1710. The van der Waals surface area contributed by atoms with E-state index >= 15 is 0 Å². The Labute approximate surface area is 222 Å². The van der Waals surface area contributed by atoms with E-state index in [2.05, 4.69) is 15.4 Å². The van der Waals surface area contributed by atoms with Crippen molar-refractivity contribution in [3.8, 4) is 11.3 Å². The van der Waals surface area contributed by atoms with Crippen molar-refractivity contribution in [2.75, 3.05) is 18.5 Å². The summed E-state index contributed by atoms with van der Waals surface area (Å²) in [5, 5.41) is 13.7. The summed E-state index contributed by atoms with van der Waals surface area (Å²) in [4.78, 5) is 30.8. The maximum absolute atomic E-state index is 13.8. The molecule has 7 rings (SSSR count). The quantitative estimate of drug-likeness (QED) is 0.353. The van der Waals surface area contributed by atoms with Crippen LogP contribution in [0, 0.1) is 0 Å². The van der Waals surface area contributed by atoms with Gasteiger partial charge in [-0.3, -0.25) is 9.59 Å². The van der Waals surface area contributed by atoms with Crippen molar-refractivity contribution in [2.24, 2.45) is 0 Å². The molecule has 10 nitrogen and oxygen atoms in total. The number of carbonyl (C=O) groups is 2. The first-order valence-electron chi connectivity index (χ1n) is 12.3. The van der Waals surface area contributed by atoms with Gasteiger partial charge < -0.3 is 14.4 Å². The number of carbonyl (C=O) groups excluding carboxylic acids is 2. The molecule has 3 aromatic heterocycles. The van der Waals surface area contributed by atoms with Crippen molar-refractivity contribution >= 4 is 40.0 Å². The van der Waals surface area contributed by atoms with Gasteiger partial charge in [-0.2, -0.15) is 5.10 Å². The molecule has 0 saturated heterocycles. The van der Waals surface area contributed by atoms with E-state index < -0.39 is 6.04 Å². The van der Waals surface area contributed by atoms with Crippen molar-refractivity contribution in [1.82, 2.24) is 29.6 Å². The Balaban J connectivity index is 1.26. The van der Waals surface area contributed by atoms with Gasteiger partial charge in [0.1, 0.15) is 16.9 Å². The fraction of sp³-hybridized carbons (Fsp3) is 0.222. The van der Waals surface area contributed by atoms with Gasteiger partial charge >= 0.3 is 0 Å². The van der Waals surface area contributed by atoms with Crippen LogP contribution in [0.3, 0.4) is 0 Å². The zero-order valence-electron chi connectivity index (χ0n) is 20.4. The van der Waals surface area contributed by atoms with Gasteiger partial charge in [0.25, 0.3) is 11.8 Å². The van der Waals surface area contributed by atoms with E-state index in [-0.39, 0.29) is 11.8 Å². The second-order valence-electron chi connectivity index (χ2n) is 9.58. The molecule has 2 aliphatic rings. The van der Waals surface area contributed by atoms with Gasteiger partial charge in [-0.25, -0.2) is 9.31 Å². The van der Waals surface area contributed by atoms with Gasteiger partial charge in [0, 0.05) is 36.3 Å². The highest BCUT2D eigenvalue weighted by Gasteiger charge is 2.41. The lowest BCUT2D eigenvalue weighted by molar-refractivity contribution is -0.123. The summed E-state index contributed by atoms with van der Waals surface area (Å²) in [6.45, 7) is 1.12. The lowest BCUT2D eigenvalue weighted by atomic mass is 10.0. The number of nitrogens with zero attached hydrogens (tertiary/aromatic N) is 7. The normalized spacial score (nSPS) is 17.3. The average molecular weight is 528 g/mol. The number of hydrogen-bond acceptors (Lipinski definition) is 6. The number of aromatic nitrogens is 5. The molecule has 0 saturated carbocycles. The molecule has 2 aromatic carbocycles. The molecule has 5 aromatic rings. The van der Waals surface area contributed by atoms with Crippen LogP contribution in [0.4, 0.5) is 5.69 Å². The van der Waals surface area contributed by atoms with Crippen LogP contribution in [-0.2, 0) is 24.3 Å². The number of rotatable bonds is 4. The molecule has 0 spiro atoms. The van der Waals surface area contributed by atoms with E-state index in [0.717, 1.165) is 33.3 Å². The SMILES string of the molecule is CN1C(=O)[C@@H](N2CCc3c(nn(Cc4ccccc4)c3Cl)C2=O)Cn2cc(-c3cnon3)c3cccc1c32. The smallest absolute Gasteiger partial charge is 0.275 e. The first-order valence-corrected chi connectivity index (χ1v) is 12.7. The molecule has 0 bridgehead atoms.